The Hall–Kier alpha value is -1.30. The second kappa shape index (κ2) is 6.92. The lowest BCUT2D eigenvalue weighted by molar-refractivity contribution is -0.150. The fourth-order valence-electron chi connectivity index (χ4n) is 2.73. The highest BCUT2D eigenvalue weighted by molar-refractivity contribution is 5.78. The predicted octanol–water partition coefficient (Wildman–Crippen LogP) is 1.65. The summed E-state index contributed by atoms with van der Waals surface area (Å²) < 4.78 is 5.10. The first-order valence-electron chi connectivity index (χ1n) is 7.13. The number of carboxylic acids is 1. The largest absolute Gasteiger partial charge is 0.481 e. The van der Waals surface area contributed by atoms with Crippen molar-refractivity contribution in [1.29, 1.82) is 0 Å². The zero-order chi connectivity index (χ0) is 15.3. The van der Waals surface area contributed by atoms with E-state index >= 15 is 0 Å². The van der Waals surface area contributed by atoms with Crippen LogP contribution in [0.5, 0.6) is 0 Å². The monoisotopic (exact) mass is 286 g/mol. The van der Waals surface area contributed by atoms with Gasteiger partial charge in [0.2, 0.25) is 0 Å². The van der Waals surface area contributed by atoms with Gasteiger partial charge in [-0.15, -0.1) is 0 Å². The summed E-state index contributed by atoms with van der Waals surface area (Å²) in [6.07, 6.45) is 1.34. The molecule has 0 aromatic carbocycles. The molecular formula is C14H26N2O4. The van der Waals surface area contributed by atoms with Crippen LogP contribution < -0.4 is 0 Å². The van der Waals surface area contributed by atoms with Crippen LogP contribution >= 0.6 is 0 Å². The van der Waals surface area contributed by atoms with Crippen molar-refractivity contribution < 1.29 is 19.4 Å². The molecule has 6 nitrogen and oxygen atoms in total. The highest BCUT2D eigenvalue weighted by atomic mass is 16.5. The van der Waals surface area contributed by atoms with Gasteiger partial charge in [-0.2, -0.15) is 0 Å². The Kier molecular flexibility index (Phi) is 5.80. The molecule has 2 amide bonds. The number of carbonyl (C=O) groups excluding carboxylic acids is 1. The number of rotatable bonds is 5. The molecule has 0 aromatic rings. The average molecular weight is 286 g/mol. The van der Waals surface area contributed by atoms with Crippen LogP contribution in [0.1, 0.15) is 33.6 Å². The van der Waals surface area contributed by atoms with E-state index in [-0.39, 0.29) is 18.6 Å². The minimum Gasteiger partial charge on any atom is -0.481 e. The highest BCUT2D eigenvalue weighted by Gasteiger charge is 2.40. The number of methoxy groups -OCH3 is 1. The third-order valence-electron chi connectivity index (χ3n) is 4.01. The van der Waals surface area contributed by atoms with Gasteiger partial charge in [0.25, 0.3) is 0 Å². The normalized spacial score (nSPS) is 24.3. The molecule has 116 valence electrons. The molecule has 1 heterocycles. The van der Waals surface area contributed by atoms with Crippen molar-refractivity contribution in [3.05, 3.63) is 0 Å². The fraction of sp³-hybridized carbons (Fsp3) is 0.857. The van der Waals surface area contributed by atoms with Gasteiger partial charge < -0.3 is 19.6 Å². The molecule has 0 bridgehead atoms. The molecule has 1 aliphatic rings. The first kappa shape index (κ1) is 16.8. The number of aliphatic carboxylic acids is 1. The van der Waals surface area contributed by atoms with Crippen molar-refractivity contribution in [2.45, 2.75) is 39.7 Å². The van der Waals surface area contributed by atoms with Gasteiger partial charge >= 0.3 is 12.0 Å². The molecule has 1 saturated heterocycles. The molecule has 2 atom stereocenters. The van der Waals surface area contributed by atoms with Crippen LogP contribution in [-0.2, 0) is 9.53 Å². The molecule has 0 spiro atoms. The molecule has 0 saturated carbocycles. The van der Waals surface area contributed by atoms with E-state index in [4.69, 9.17) is 4.74 Å². The number of likely N-dealkylation sites (tertiary alicyclic amines) is 1. The van der Waals surface area contributed by atoms with Crippen LogP contribution in [0.2, 0.25) is 0 Å². The van der Waals surface area contributed by atoms with Crippen LogP contribution in [0, 0.1) is 5.41 Å². The Morgan fingerprint density at radius 2 is 2.15 bits per heavy atom. The molecule has 1 rings (SSSR count). The Labute approximate surface area is 120 Å². The van der Waals surface area contributed by atoms with E-state index in [0.29, 0.717) is 26.1 Å². The molecule has 0 aromatic heterocycles. The number of likely N-dealkylation sites (N-methyl/N-ethyl adjacent to an activating group) is 1. The van der Waals surface area contributed by atoms with Gasteiger partial charge in [0, 0.05) is 26.7 Å². The van der Waals surface area contributed by atoms with Crippen LogP contribution in [0.15, 0.2) is 0 Å². The first-order chi connectivity index (χ1) is 9.35. The SMILES string of the molecule is CCN(C(=O)N1CCCC(C)(C(=O)O)C1)C(C)COC. The molecule has 2 unspecified atom stereocenters. The number of carboxylic acid groups (broad SMARTS) is 1. The first-order valence-corrected chi connectivity index (χ1v) is 7.13. The molecule has 1 aliphatic heterocycles. The zero-order valence-electron chi connectivity index (χ0n) is 12.9. The lowest BCUT2D eigenvalue weighted by Gasteiger charge is -2.41. The summed E-state index contributed by atoms with van der Waals surface area (Å²) >= 11 is 0. The van der Waals surface area contributed by atoms with Crippen molar-refractivity contribution in [2.24, 2.45) is 5.41 Å². The van der Waals surface area contributed by atoms with E-state index < -0.39 is 11.4 Å². The second-order valence-electron chi connectivity index (χ2n) is 5.76. The number of amides is 2. The second-order valence-corrected chi connectivity index (χ2v) is 5.76. The summed E-state index contributed by atoms with van der Waals surface area (Å²) in [7, 11) is 1.61. The minimum atomic E-state index is -0.836. The molecule has 1 N–H and O–H groups in total. The van der Waals surface area contributed by atoms with Gasteiger partial charge in [-0.1, -0.05) is 0 Å². The standard InChI is InChI=1S/C14H26N2O4/c1-5-16(11(2)9-20-4)13(19)15-8-6-7-14(3,10-15)12(17)18/h11H,5-10H2,1-4H3,(H,17,18). The maximum atomic E-state index is 12.6. The Morgan fingerprint density at radius 3 is 2.65 bits per heavy atom. The topological polar surface area (TPSA) is 70.1 Å². The maximum absolute atomic E-state index is 12.6. The summed E-state index contributed by atoms with van der Waals surface area (Å²) in [6.45, 7) is 7.53. The minimum absolute atomic E-state index is 0.0180. The van der Waals surface area contributed by atoms with E-state index in [1.165, 1.54) is 0 Å². The van der Waals surface area contributed by atoms with Gasteiger partial charge in [0.05, 0.1) is 18.1 Å². The van der Waals surface area contributed by atoms with Crippen LogP contribution in [0.3, 0.4) is 0 Å². The van der Waals surface area contributed by atoms with Crippen molar-refractivity contribution in [3.63, 3.8) is 0 Å². The molecule has 0 aliphatic carbocycles. The number of piperidine rings is 1. The Bertz CT molecular complexity index is 361. The third-order valence-corrected chi connectivity index (χ3v) is 4.01. The summed E-state index contributed by atoms with van der Waals surface area (Å²) in [5.41, 5.74) is -0.836. The molecule has 0 radical (unpaired) electrons. The summed E-state index contributed by atoms with van der Waals surface area (Å²) in [5, 5.41) is 9.31. The van der Waals surface area contributed by atoms with E-state index in [1.54, 1.807) is 23.8 Å². The van der Waals surface area contributed by atoms with Crippen molar-refractivity contribution in [1.82, 2.24) is 9.80 Å². The smallest absolute Gasteiger partial charge is 0.320 e. The molecular weight excluding hydrogens is 260 g/mol. The number of carbonyl (C=O) groups is 2. The molecule has 1 fully saturated rings. The third kappa shape index (κ3) is 3.62. The number of urea groups is 1. The number of ether oxygens (including phenoxy) is 1. The average Bonchev–Trinajstić information content (AvgIpc) is 2.39. The predicted molar refractivity (Wildman–Crippen MR) is 75.7 cm³/mol. The van der Waals surface area contributed by atoms with Gasteiger partial charge in [0.15, 0.2) is 0 Å². The van der Waals surface area contributed by atoms with E-state index in [2.05, 4.69) is 0 Å². The number of hydrogen-bond acceptors (Lipinski definition) is 3. The van der Waals surface area contributed by atoms with E-state index in [0.717, 1.165) is 6.42 Å². The lowest BCUT2D eigenvalue weighted by atomic mass is 9.82. The summed E-state index contributed by atoms with van der Waals surface area (Å²) in [5.74, 6) is -0.831. The lowest BCUT2D eigenvalue weighted by Crippen LogP contribution is -2.54. The number of nitrogens with zero attached hydrogens (tertiary/aromatic N) is 2. The highest BCUT2D eigenvalue weighted by Crippen LogP contribution is 2.30. The summed E-state index contributed by atoms with van der Waals surface area (Å²) in [6, 6.07) is -0.111. The van der Waals surface area contributed by atoms with Crippen LogP contribution in [-0.4, -0.2) is 66.3 Å². The van der Waals surface area contributed by atoms with Gasteiger partial charge in [-0.05, 0) is 33.6 Å². The van der Waals surface area contributed by atoms with Crippen molar-refractivity contribution in [3.8, 4) is 0 Å². The maximum Gasteiger partial charge on any atom is 0.320 e. The Balaban J connectivity index is 2.77. The zero-order valence-corrected chi connectivity index (χ0v) is 12.9. The molecule has 20 heavy (non-hydrogen) atoms. The van der Waals surface area contributed by atoms with Gasteiger partial charge in [0.1, 0.15) is 0 Å². The van der Waals surface area contributed by atoms with Crippen molar-refractivity contribution in [2.75, 3.05) is 33.4 Å². The van der Waals surface area contributed by atoms with E-state index in [9.17, 15) is 14.7 Å². The van der Waals surface area contributed by atoms with Gasteiger partial charge in [-0.3, -0.25) is 4.79 Å². The van der Waals surface area contributed by atoms with Gasteiger partial charge in [-0.25, -0.2) is 4.79 Å². The fourth-order valence-corrected chi connectivity index (χ4v) is 2.73. The molecule has 6 heteroatoms. The summed E-state index contributed by atoms with van der Waals surface area (Å²) in [4.78, 5) is 27.3. The quantitative estimate of drug-likeness (QED) is 0.834. The van der Waals surface area contributed by atoms with Crippen molar-refractivity contribution >= 4 is 12.0 Å². The van der Waals surface area contributed by atoms with Crippen LogP contribution in [0.25, 0.3) is 0 Å². The van der Waals surface area contributed by atoms with E-state index in [1.807, 2.05) is 13.8 Å². The van der Waals surface area contributed by atoms with Crippen LogP contribution in [0.4, 0.5) is 4.79 Å². The number of hydrogen-bond donors (Lipinski definition) is 1. The Morgan fingerprint density at radius 1 is 1.50 bits per heavy atom.